The fourth-order valence-corrected chi connectivity index (χ4v) is 5.04. The molecule has 0 bridgehead atoms. The summed E-state index contributed by atoms with van der Waals surface area (Å²) in [7, 11) is 0. The van der Waals surface area contributed by atoms with Gasteiger partial charge in [-0.1, -0.05) is 12.1 Å². The number of nitriles is 1. The summed E-state index contributed by atoms with van der Waals surface area (Å²) < 4.78 is 7.64. The molecule has 0 spiro atoms. The van der Waals surface area contributed by atoms with Crippen LogP contribution < -0.4 is 0 Å². The van der Waals surface area contributed by atoms with Crippen molar-refractivity contribution in [2.24, 2.45) is 0 Å². The van der Waals surface area contributed by atoms with Crippen LogP contribution in [0.2, 0.25) is 0 Å². The largest absolute Gasteiger partial charge is 0.466 e. The van der Waals surface area contributed by atoms with Crippen LogP contribution in [-0.4, -0.2) is 56.7 Å². The zero-order chi connectivity index (χ0) is 26.1. The maximum Gasteiger partial charge on any atom is 0.254 e. The van der Waals surface area contributed by atoms with Crippen molar-refractivity contribution in [1.29, 1.82) is 5.26 Å². The fourth-order valence-electron chi connectivity index (χ4n) is 5.04. The molecule has 5 rings (SSSR count). The van der Waals surface area contributed by atoms with Crippen LogP contribution in [0.3, 0.4) is 0 Å². The molecule has 190 valence electrons. The van der Waals surface area contributed by atoms with Gasteiger partial charge < -0.3 is 9.32 Å². The van der Waals surface area contributed by atoms with Crippen LogP contribution >= 0.6 is 0 Å². The van der Waals surface area contributed by atoms with E-state index in [0.717, 1.165) is 54.2 Å². The van der Waals surface area contributed by atoms with E-state index in [2.05, 4.69) is 29.9 Å². The van der Waals surface area contributed by atoms with Crippen molar-refractivity contribution in [3.63, 3.8) is 0 Å². The summed E-state index contributed by atoms with van der Waals surface area (Å²) in [6.07, 6.45) is 2.66. The monoisotopic (exact) mass is 496 g/mol. The Morgan fingerprint density at radius 2 is 1.89 bits per heavy atom. The molecule has 8 nitrogen and oxygen atoms in total. The molecule has 3 aromatic heterocycles. The number of pyridine rings is 1. The molecule has 1 amide bonds. The van der Waals surface area contributed by atoms with Gasteiger partial charge in [-0.3, -0.25) is 9.69 Å². The molecular formula is C29H32N6O2. The van der Waals surface area contributed by atoms with Gasteiger partial charge in [-0.25, -0.2) is 9.67 Å². The number of aryl methyl sites for hydroxylation is 2. The van der Waals surface area contributed by atoms with Gasteiger partial charge in [0, 0.05) is 44.3 Å². The van der Waals surface area contributed by atoms with E-state index in [-0.39, 0.29) is 11.9 Å². The molecule has 1 aliphatic rings. The molecule has 1 fully saturated rings. The second-order valence-electron chi connectivity index (χ2n) is 10.0. The SMILES string of the molecule is Cc1cc(-c2cc(C(=O)N3CCCN(Cc4ccc(C#N)cc4)CC3)c3cnn(C(C)C)c3n2)c(C)o1. The van der Waals surface area contributed by atoms with Crippen molar-refractivity contribution in [1.82, 2.24) is 24.6 Å². The molecule has 0 atom stereocenters. The summed E-state index contributed by atoms with van der Waals surface area (Å²) in [4.78, 5) is 23.2. The van der Waals surface area contributed by atoms with E-state index in [0.29, 0.717) is 29.9 Å². The first-order valence-corrected chi connectivity index (χ1v) is 12.8. The van der Waals surface area contributed by atoms with Gasteiger partial charge in [-0.05, 0) is 63.9 Å². The molecule has 4 aromatic rings. The van der Waals surface area contributed by atoms with Gasteiger partial charge in [0.1, 0.15) is 11.5 Å². The third-order valence-corrected chi connectivity index (χ3v) is 6.97. The van der Waals surface area contributed by atoms with Crippen molar-refractivity contribution in [2.45, 2.75) is 46.7 Å². The summed E-state index contributed by atoms with van der Waals surface area (Å²) >= 11 is 0. The van der Waals surface area contributed by atoms with Crippen molar-refractivity contribution in [3.05, 3.63) is 70.8 Å². The van der Waals surface area contributed by atoms with Crippen molar-refractivity contribution in [2.75, 3.05) is 26.2 Å². The first kappa shape index (κ1) is 24.7. The van der Waals surface area contributed by atoms with Crippen LogP contribution in [0, 0.1) is 25.2 Å². The number of rotatable bonds is 5. The third-order valence-electron chi connectivity index (χ3n) is 6.97. The minimum atomic E-state index is 0.00930. The number of hydrogen-bond acceptors (Lipinski definition) is 6. The second kappa shape index (κ2) is 10.2. The summed E-state index contributed by atoms with van der Waals surface area (Å²) in [6, 6.07) is 13.9. The number of furan rings is 1. The topological polar surface area (TPSA) is 91.2 Å². The minimum Gasteiger partial charge on any atom is -0.466 e. The number of hydrogen-bond donors (Lipinski definition) is 0. The zero-order valence-corrected chi connectivity index (χ0v) is 21.9. The first-order valence-electron chi connectivity index (χ1n) is 12.8. The lowest BCUT2D eigenvalue weighted by molar-refractivity contribution is 0.0763. The zero-order valence-electron chi connectivity index (χ0n) is 21.9. The molecule has 0 radical (unpaired) electrons. The number of amides is 1. The van der Waals surface area contributed by atoms with E-state index >= 15 is 0 Å². The van der Waals surface area contributed by atoms with Gasteiger partial charge in [0.25, 0.3) is 5.91 Å². The van der Waals surface area contributed by atoms with Crippen LogP contribution in [0.4, 0.5) is 0 Å². The number of carbonyl (C=O) groups excluding carboxylic acids is 1. The maximum absolute atomic E-state index is 13.9. The summed E-state index contributed by atoms with van der Waals surface area (Å²) in [5.74, 6) is 1.61. The number of carbonyl (C=O) groups is 1. The first-order chi connectivity index (χ1) is 17.8. The normalized spacial score (nSPS) is 14.8. The molecule has 1 aliphatic heterocycles. The lowest BCUT2D eigenvalue weighted by atomic mass is 10.1. The average molecular weight is 497 g/mol. The predicted molar refractivity (Wildman–Crippen MR) is 142 cm³/mol. The smallest absolute Gasteiger partial charge is 0.254 e. The Balaban J connectivity index is 1.42. The van der Waals surface area contributed by atoms with Crippen LogP contribution in [0.5, 0.6) is 0 Å². The predicted octanol–water partition coefficient (Wildman–Crippen LogP) is 5.11. The lowest BCUT2D eigenvalue weighted by Gasteiger charge is -2.22. The van der Waals surface area contributed by atoms with E-state index in [1.165, 1.54) is 5.56 Å². The molecule has 1 saturated heterocycles. The van der Waals surface area contributed by atoms with E-state index in [9.17, 15) is 4.79 Å². The Kier molecular flexibility index (Phi) is 6.81. The molecule has 0 unspecified atom stereocenters. The van der Waals surface area contributed by atoms with E-state index < -0.39 is 0 Å². The van der Waals surface area contributed by atoms with Gasteiger partial charge in [0.15, 0.2) is 5.65 Å². The van der Waals surface area contributed by atoms with E-state index in [1.54, 1.807) is 6.20 Å². The Morgan fingerprint density at radius 3 is 2.57 bits per heavy atom. The van der Waals surface area contributed by atoms with Crippen LogP contribution in [0.15, 0.2) is 47.0 Å². The molecule has 4 heterocycles. The van der Waals surface area contributed by atoms with Gasteiger partial charge in [-0.15, -0.1) is 0 Å². The van der Waals surface area contributed by atoms with Crippen molar-refractivity contribution >= 4 is 16.9 Å². The quantitative estimate of drug-likeness (QED) is 0.381. The summed E-state index contributed by atoms with van der Waals surface area (Å²) in [5.41, 5.74) is 4.81. The highest BCUT2D eigenvalue weighted by molar-refractivity contribution is 6.06. The van der Waals surface area contributed by atoms with Crippen molar-refractivity contribution in [3.8, 4) is 17.3 Å². The molecule has 1 aromatic carbocycles. The molecule has 8 heteroatoms. The molecule has 0 N–H and O–H groups in total. The lowest BCUT2D eigenvalue weighted by Crippen LogP contribution is -2.35. The van der Waals surface area contributed by atoms with Crippen LogP contribution in [-0.2, 0) is 6.54 Å². The van der Waals surface area contributed by atoms with Crippen molar-refractivity contribution < 1.29 is 9.21 Å². The van der Waals surface area contributed by atoms with E-state index in [4.69, 9.17) is 14.7 Å². The Bertz CT molecular complexity index is 1470. The highest BCUT2D eigenvalue weighted by Gasteiger charge is 2.25. The summed E-state index contributed by atoms with van der Waals surface area (Å²) in [6.45, 7) is 11.8. The van der Waals surface area contributed by atoms with Gasteiger partial charge in [0.05, 0.1) is 34.5 Å². The number of fused-ring (bicyclic) bond motifs is 1. The van der Waals surface area contributed by atoms with Crippen LogP contribution in [0.1, 0.15) is 59.3 Å². The Labute approximate surface area is 217 Å². The number of aromatic nitrogens is 3. The second-order valence-corrected chi connectivity index (χ2v) is 10.0. The van der Waals surface area contributed by atoms with E-state index in [1.807, 2.05) is 59.8 Å². The number of benzene rings is 1. The number of nitrogens with zero attached hydrogens (tertiary/aromatic N) is 6. The third kappa shape index (κ3) is 5.00. The average Bonchev–Trinajstić information content (AvgIpc) is 3.38. The van der Waals surface area contributed by atoms with Crippen LogP contribution in [0.25, 0.3) is 22.3 Å². The molecule has 0 aliphatic carbocycles. The maximum atomic E-state index is 13.9. The highest BCUT2D eigenvalue weighted by Crippen LogP contribution is 2.31. The van der Waals surface area contributed by atoms with Gasteiger partial charge >= 0.3 is 0 Å². The highest BCUT2D eigenvalue weighted by atomic mass is 16.3. The van der Waals surface area contributed by atoms with Gasteiger partial charge in [-0.2, -0.15) is 10.4 Å². The standard InChI is InChI=1S/C29H32N6O2/c1-19(2)35-28-26(17-31-35)25(15-27(32-28)24-14-20(3)37-21(24)4)29(36)34-11-5-10-33(12-13-34)18-23-8-6-22(16-30)7-9-23/h6-9,14-15,17,19H,5,10-13,18H2,1-4H3. The molecule has 0 saturated carbocycles. The summed E-state index contributed by atoms with van der Waals surface area (Å²) in [5, 5.41) is 14.4. The molecular weight excluding hydrogens is 464 g/mol. The Morgan fingerprint density at radius 1 is 1.11 bits per heavy atom. The molecule has 37 heavy (non-hydrogen) atoms. The Hall–Kier alpha value is -3.96. The van der Waals surface area contributed by atoms with Gasteiger partial charge in [0.2, 0.25) is 0 Å². The minimum absolute atomic E-state index is 0.00930. The fraction of sp³-hybridized carbons (Fsp3) is 0.379.